The van der Waals surface area contributed by atoms with Gasteiger partial charge in [-0.25, -0.2) is 0 Å². The Labute approximate surface area is 200 Å². The van der Waals surface area contributed by atoms with E-state index >= 15 is 0 Å². The van der Waals surface area contributed by atoms with Crippen molar-refractivity contribution in [1.82, 2.24) is 4.90 Å². The van der Waals surface area contributed by atoms with Gasteiger partial charge in [0, 0.05) is 37.9 Å². The van der Waals surface area contributed by atoms with Gasteiger partial charge in [0.25, 0.3) is 0 Å². The number of carbonyl (C=O) groups is 1. The smallest absolute Gasteiger partial charge is 0.311 e. The van der Waals surface area contributed by atoms with Gasteiger partial charge in [0.15, 0.2) is 0 Å². The second-order valence-electron chi connectivity index (χ2n) is 8.28. The van der Waals surface area contributed by atoms with Crippen LogP contribution in [0.5, 0.6) is 0 Å². The normalized spacial score (nSPS) is 25.1. The molecule has 0 N–H and O–H groups in total. The van der Waals surface area contributed by atoms with E-state index in [0.717, 1.165) is 28.4 Å². The number of hydrogen-bond acceptors (Lipinski definition) is 4. The quantitative estimate of drug-likeness (QED) is 0.140. The average Bonchev–Trinajstić information content (AvgIpc) is 2.98. The van der Waals surface area contributed by atoms with Gasteiger partial charge in [-0.1, -0.05) is 41.0 Å². The summed E-state index contributed by atoms with van der Waals surface area (Å²) in [6, 6.07) is 14.3. The fraction of sp³-hybridized carbons (Fsp3) is 0.435. The second-order valence-corrected chi connectivity index (χ2v) is 9.87. The summed E-state index contributed by atoms with van der Waals surface area (Å²) in [4.78, 5) is 18.5. The zero-order valence-electron chi connectivity index (χ0n) is 17.2. The second kappa shape index (κ2) is 9.77. The van der Waals surface area contributed by atoms with Crippen LogP contribution >= 0.6 is 34.2 Å². The van der Waals surface area contributed by atoms with Crippen LogP contribution in [0, 0.1) is 9.49 Å². The van der Waals surface area contributed by atoms with Crippen LogP contribution in [0.15, 0.2) is 47.6 Å². The fourth-order valence-electron chi connectivity index (χ4n) is 5.04. The Morgan fingerprint density at radius 2 is 2.06 bits per heavy atom. The van der Waals surface area contributed by atoms with Gasteiger partial charge in [-0.15, -0.1) is 0 Å². The molecule has 0 amide bonds. The maximum atomic E-state index is 13.2. The lowest BCUT2D eigenvalue weighted by Gasteiger charge is -2.42. The highest BCUT2D eigenvalue weighted by Crippen LogP contribution is 2.46. The summed E-state index contributed by atoms with van der Waals surface area (Å²) in [6.45, 7) is 0.333. The number of halogens is 2. The van der Waals surface area contributed by atoms with E-state index in [0.29, 0.717) is 29.8 Å². The topological polar surface area (TPSA) is 78.3 Å². The molecule has 6 nitrogen and oxygen atoms in total. The molecule has 2 aliphatic heterocycles. The third kappa shape index (κ3) is 4.85. The summed E-state index contributed by atoms with van der Waals surface area (Å²) in [6.07, 6.45) is 3.75. The number of nitrogens with zero attached hydrogens (tertiary/aromatic N) is 4. The first-order valence-electron chi connectivity index (χ1n) is 10.5. The van der Waals surface area contributed by atoms with E-state index < -0.39 is 0 Å². The number of carbonyl (C=O) groups excluding carboxylic acids is 1. The number of ether oxygens (including phenoxy) is 1. The number of benzene rings is 2. The first-order chi connectivity index (χ1) is 15.0. The van der Waals surface area contributed by atoms with Gasteiger partial charge in [-0.2, -0.15) is 0 Å². The van der Waals surface area contributed by atoms with Crippen LogP contribution in [0.3, 0.4) is 0 Å². The number of fused-ring (bicyclic) bond motifs is 2. The standard InChI is InChI=1S/C23H24ClIN4O2/c1-29-17-7-9-21(29)22(18(13-17)15-3-5-16(24)6-4-15)23(30)31-11-10-14-2-8-20(27-28-26)19(25)12-14/h2-6,8,12,17-18,21-22H,7,9-11,13H2,1H3/t17-,18-,21?,22+/m1/s1. The van der Waals surface area contributed by atoms with Crippen LogP contribution in [-0.4, -0.2) is 36.6 Å². The van der Waals surface area contributed by atoms with Crippen molar-refractivity contribution >= 4 is 45.8 Å². The van der Waals surface area contributed by atoms with Gasteiger partial charge in [0.2, 0.25) is 0 Å². The van der Waals surface area contributed by atoms with Crippen molar-refractivity contribution in [2.24, 2.45) is 11.0 Å². The number of hydrogen-bond donors (Lipinski definition) is 0. The summed E-state index contributed by atoms with van der Waals surface area (Å²) in [7, 11) is 2.13. The van der Waals surface area contributed by atoms with Crippen molar-refractivity contribution in [3.05, 3.63) is 72.6 Å². The van der Waals surface area contributed by atoms with Crippen molar-refractivity contribution < 1.29 is 9.53 Å². The maximum Gasteiger partial charge on any atom is 0.311 e. The molecule has 0 saturated carbocycles. The lowest BCUT2D eigenvalue weighted by Crippen LogP contribution is -2.49. The third-order valence-corrected chi connectivity index (χ3v) is 7.75. The Morgan fingerprint density at radius 3 is 2.77 bits per heavy atom. The Balaban J connectivity index is 1.45. The number of esters is 1. The van der Waals surface area contributed by atoms with E-state index in [1.807, 2.05) is 36.4 Å². The number of rotatable bonds is 6. The molecule has 0 aliphatic carbocycles. The average molecular weight is 551 g/mol. The molecule has 0 aromatic heterocycles. The minimum atomic E-state index is -0.169. The van der Waals surface area contributed by atoms with Crippen molar-refractivity contribution in [2.75, 3.05) is 13.7 Å². The minimum absolute atomic E-state index is 0.113. The van der Waals surface area contributed by atoms with Crippen LogP contribution in [-0.2, 0) is 16.0 Å². The summed E-state index contributed by atoms with van der Waals surface area (Å²) in [5, 5.41) is 4.37. The van der Waals surface area contributed by atoms with Gasteiger partial charge >= 0.3 is 5.97 Å². The largest absolute Gasteiger partial charge is 0.465 e. The van der Waals surface area contributed by atoms with Gasteiger partial charge in [-0.05, 0) is 83.8 Å². The molecule has 31 heavy (non-hydrogen) atoms. The molecule has 1 unspecified atom stereocenters. The van der Waals surface area contributed by atoms with E-state index in [1.165, 1.54) is 5.56 Å². The molecular weight excluding hydrogens is 527 g/mol. The summed E-state index contributed by atoms with van der Waals surface area (Å²) < 4.78 is 6.68. The molecule has 2 saturated heterocycles. The minimum Gasteiger partial charge on any atom is -0.465 e. The number of azide groups is 1. The summed E-state index contributed by atoms with van der Waals surface area (Å²) in [5.41, 5.74) is 11.4. The van der Waals surface area contributed by atoms with Crippen molar-refractivity contribution in [2.45, 2.75) is 43.7 Å². The summed E-state index contributed by atoms with van der Waals surface area (Å²) >= 11 is 8.23. The van der Waals surface area contributed by atoms with Gasteiger partial charge < -0.3 is 4.74 Å². The summed E-state index contributed by atoms with van der Waals surface area (Å²) in [5.74, 6) is -0.127. The Hall–Kier alpha value is -1.80. The highest BCUT2D eigenvalue weighted by molar-refractivity contribution is 14.1. The lowest BCUT2D eigenvalue weighted by atomic mass is 9.76. The lowest BCUT2D eigenvalue weighted by molar-refractivity contribution is -0.153. The van der Waals surface area contributed by atoms with Gasteiger partial charge in [0.1, 0.15) is 0 Å². The molecule has 2 aromatic rings. The van der Waals surface area contributed by atoms with E-state index in [-0.39, 0.29) is 23.8 Å². The highest BCUT2D eigenvalue weighted by atomic mass is 127. The van der Waals surface area contributed by atoms with Gasteiger partial charge in [-0.3, -0.25) is 9.69 Å². The molecule has 0 radical (unpaired) electrons. The molecule has 2 aliphatic rings. The Morgan fingerprint density at radius 1 is 1.29 bits per heavy atom. The predicted molar refractivity (Wildman–Crippen MR) is 130 cm³/mol. The first-order valence-corrected chi connectivity index (χ1v) is 11.9. The van der Waals surface area contributed by atoms with E-state index in [9.17, 15) is 4.79 Å². The first kappa shape index (κ1) is 22.4. The number of piperidine rings is 1. The van der Waals surface area contributed by atoms with Crippen molar-refractivity contribution in [3.63, 3.8) is 0 Å². The van der Waals surface area contributed by atoms with E-state index in [1.54, 1.807) is 6.07 Å². The maximum absolute atomic E-state index is 13.2. The van der Waals surface area contributed by atoms with Crippen LogP contribution in [0.2, 0.25) is 5.02 Å². The monoisotopic (exact) mass is 550 g/mol. The zero-order valence-corrected chi connectivity index (χ0v) is 20.2. The van der Waals surface area contributed by atoms with Gasteiger partial charge in [0.05, 0.1) is 18.2 Å². The molecule has 2 bridgehead atoms. The van der Waals surface area contributed by atoms with Crippen molar-refractivity contribution in [1.29, 1.82) is 0 Å². The van der Waals surface area contributed by atoms with Crippen LogP contribution < -0.4 is 0 Å². The molecular formula is C23H24ClIN4O2. The van der Waals surface area contributed by atoms with Crippen LogP contribution in [0.1, 0.15) is 36.3 Å². The molecule has 0 spiro atoms. The molecule has 4 rings (SSSR count). The molecule has 4 atom stereocenters. The molecule has 2 heterocycles. The van der Waals surface area contributed by atoms with Crippen molar-refractivity contribution in [3.8, 4) is 0 Å². The fourth-order valence-corrected chi connectivity index (χ4v) is 5.86. The Bertz CT molecular complexity index is 1010. The molecule has 2 fully saturated rings. The van der Waals surface area contributed by atoms with Crippen LogP contribution in [0.4, 0.5) is 5.69 Å². The Kier molecular flexibility index (Phi) is 7.06. The molecule has 8 heteroatoms. The zero-order chi connectivity index (χ0) is 22.0. The van der Waals surface area contributed by atoms with E-state index in [2.05, 4.69) is 44.6 Å². The van der Waals surface area contributed by atoms with E-state index in [4.69, 9.17) is 21.9 Å². The molecule has 2 aromatic carbocycles. The SMILES string of the molecule is CN1C2CC[C@@H]1C[C@H](c1ccc(Cl)cc1)[C@@H]2C(=O)OCCc1ccc(N=[N+]=[N-])c(I)c1. The molecule has 162 valence electrons. The van der Waals surface area contributed by atoms with Crippen LogP contribution in [0.25, 0.3) is 10.4 Å². The third-order valence-electron chi connectivity index (χ3n) is 6.64. The highest BCUT2D eigenvalue weighted by Gasteiger charge is 2.49. The predicted octanol–water partition coefficient (Wildman–Crippen LogP) is 6.24.